The molecule has 1 fully saturated rings. The summed E-state index contributed by atoms with van der Waals surface area (Å²) in [6.45, 7) is 3.49. The van der Waals surface area contributed by atoms with Crippen LogP contribution in [-0.4, -0.2) is 28.5 Å². The second-order valence-corrected chi connectivity index (χ2v) is 9.56. The Morgan fingerprint density at radius 2 is 1.92 bits per heavy atom. The number of nitriles is 1. The van der Waals surface area contributed by atoms with Gasteiger partial charge in [-0.2, -0.15) is 5.26 Å². The van der Waals surface area contributed by atoms with Gasteiger partial charge in [-0.25, -0.2) is 4.98 Å². The van der Waals surface area contributed by atoms with E-state index in [4.69, 9.17) is 10.5 Å². The van der Waals surface area contributed by atoms with Crippen LogP contribution in [0.1, 0.15) is 24.8 Å². The molecule has 0 atom stereocenters. The number of nitrogens with zero attached hydrogens (tertiary/aromatic N) is 3. The van der Waals surface area contributed by atoms with Gasteiger partial charge in [-0.3, -0.25) is 9.59 Å². The van der Waals surface area contributed by atoms with Gasteiger partial charge in [0.1, 0.15) is 17.6 Å². The minimum absolute atomic E-state index is 0.0369. The van der Waals surface area contributed by atoms with Crippen molar-refractivity contribution in [2.24, 2.45) is 13.0 Å². The number of nitrogen functional groups attached to an aromatic ring is 1. The summed E-state index contributed by atoms with van der Waals surface area (Å²) in [4.78, 5) is 28.5. The number of benzene rings is 2. The van der Waals surface area contributed by atoms with Crippen LogP contribution >= 0.6 is 0 Å². The van der Waals surface area contributed by atoms with E-state index in [0.29, 0.717) is 45.9 Å². The first-order valence-electron chi connectivity index (χ1n) is 12.5. The Morgan fingerprint density at radius 3 is 2.56 bits per heavy atom. The van der Waals surface area contributed by atoms with Gasteiger partial charge in [0, 0.05) is 30.9 Å². The van der Waals surface area contributed by atoms with E-state index in [2.05, 4.69) is 28.3 Å². The monoisotopic (exact) mass is 520 g/mol. The van der Waals surface area contributed by atoms with Gasteiger partial charge in [-0.1, -0.05) is 24.8 Å². The van der Waals surface area contributed by atoms with Gasteiger partial charge in [-0.05, 0) is 60.2 Å². The van der Waals surface area contributed by atoms with Gasteiger partial charge in [0.2, 0.25) is 11.8 Å². The van der Waals surface area contributed by atoms with Gasteiger partial charge < -0.3 is 25.7 Å². The number of hydrogen-bond donors (Lipinski definition) is 3. The van der Waals surface area contributed by atoms with Gasteiger partial charge in [0.15, 0.2) is 0 Å². The summed E-state index contributed by atoms with van der Waals surface area (Å²) >= 11 is 0. The fourth-order valence-electron chi connectivity index (χ4n) is 4.85. The Kier molecular flexibility index (Phi) is 6.77. The van der Waals surface area contributed by atoms with Crippen LogP contribution in [0.2, 0.25) is 0 Å². The molecule has 4 aromatic rings. The molecule has 1 aliphatic carbocycles. The number of methoxy groups -OCH3 is 1. The first-order valence-corrected chi connectivity index (χ1v) is 12.5. The Labute approximate surface area is 225 Å². The van der Waals surface area contributed by atoms with Crippen LogP contribution in [0, 0.1) is 17.2 Å². The standard InChI is InChI=1S/C30H28N6O3/c1-4-24(37)34-21-10-7-18(8-11-21)28-26(27-29(36(28)2)20(15-31)16-33-30(27)32)19-9-12-22(23(14-19)39-3)35-25(38)13-17-5-6-17/h4,7-12,14,16-17H,1,5-6,13H2,2-3H3,(H2,32,33)(H,34,37)(H,35,38). The number of amides is 2. The Hall–Kier alpha value is -5.10. The number of fused-ring (bicyclic) bond motifs is 1. The number of hydrogen-bond acceptors (Lipinski definition) is 6. The molecule has 0 aliphatic heterocycles. The molecule has 1 saturated carbocycles. The predicted octanol–water partition coefficient (Wildman–Crippen LogP) is 5.23. The molecule has 2 aromatic carbocycles. The second kappa shape index (κ2) is 10.3. The lowest BCUT2D eigenvalue weighted by Gasteiger charge is -2.14. The largest absolute Gasteiger partial charge is 0.495 e. The highest BCUT2D eigenvalue weighted by molar-refractivity contribution is 6.11. The Balaban J connectivity index is 1.67. The molecule has 39 heavy (non-hydrogen) atoms. The van der Waals surface area contributed by atoms with Gasteiger partial charge in [-0.15, -0.1) is 0 Å². The van der Waals surface area contributed by atoms with Crippen molar-refractivity contribution >= 4 is 39.9 Å². The number of nitrogens with one attached hydrogen (secondary N) is 2. The number of carbonyl (C=O) groups excluding carboxylic acids is 2. The SMILES string of the molecule is C=CC(=O)Nc1ccc(-c2c(-c3ccc(NC(=O)CC4CC4)c(OC)c3)c3c(N)ncc(C#N)c3n2C)cc1. The third kappa shape index (κ3) is 4.92. The first-order chi connectivity index (χ1) is 18.8. The number of aromatic nitrogens is 2. The van der Waals surface area contributed by atoms with E-state index in [9.17, 15) is 14.9 Å². The molecule has 0 radical (unpaired) electrons. The molecule has 0 unspecified atom stereocenters. The minimum Gasteiger partial charge on any atom is -0.495 e. The molecule has 0 bridgehead atoms. The molecule has 9 nitrogen and oxygen atoms in total. The van der Waals surface area contributed by atoms with Gasteiger partial charge >= 0.3 is 0 Å². The Morgan fingerprint density at radius 1 is 1.21 bits per heavy atom. The quantitative estimate of drug-likeness (QED) is 0.272. The van der Waals surface area contributed by atoms with E-state index < -0.39 is 0 Å². The minimum atomic E-state index is -0.304. The normalized spacial score (nSPS) is 12.5. The molecule has 2 heterocycles. The third-order valence-corrected chi connectivity index (χ3v) is 6.91. The van der Waals surface area contributed by atoms with Crippen LogP contribution in [0.5, 0.6) is 5.75 Å². The maximum Gasteiger partial charge on any atom is 0.247 e. The highest BCUT2D eigenvalue weighted by Crippen LogP contribution is 2.45. The smallest absolute Gasteiger partial charge is 0.247 e. The lowest BCUT2D eigenvalue weighted by atomic mass is 9.97. The molecular formula is C30H28N6O3. The van der Waals surface area contributed by atoms with Crippen LogP contribution in [0.3, 0.4) is 0 Å². The molecule has 196 valence electrons. The second-order valence-electron chi connectivity index (χ2n) is 9.56. The lowest BCUT2D eigenvalue weighted by molar-refractivity contribution is -0.116. The predicted molar refractivity (Wildman–Crippen MR) is 152 cm³/mol. The highest BCUT2D eigenvalue weighted by atomic mass is 16.5. The van der Waals surface area contributed by atoms with Crippen molar-refractivity contribution in [1.29, 1.82) is 5.26 Å². The zero-order chi connectivity index (χ0) is 27.7. The molecule has 5 rings (SSSR count). The zero-order valence-electron chi connectivity index (χ0n) is 21.7. The maximum absolute atomic E-state index is 12.5. The molecule has 0 saturated heterocycles. The van der Waals surface area contributed by atoms with Crippen LogP contribution in [0.15, 0.2) is 61.3 Å². The summed E-state index contributed by atoms with van der Waals surface area (Å²) < 4.78 is 7.59. The number of rotatable bonds is 8. The van der Waals surface area contributed by atoms with Crippen molar-refractivity contribution < 1.29 is 14.3 Å². The molecule has 2 aromatic heterocycles. The van der Waals surface area contributed by atoms with Crippen molar-refractivity contribution in [3.8, 4) is 34.2 Å². The van der Waals surface area contributed by atoms with E-state index in [1.165, 1.54) is 12.3 Å². The van der Waals surface area contributed by atoms with E-state index in [1.807, 2.05) is 41.9 Å². The third-order valence-electron chi connectivity index (χ3n) is 6.91. The summed E-state index contributed by atoms with van der Waals surface area (Å²) in [7, 11) is 3.43. The summed E-state index contributed by atoms with van der Waals surface area (Å²) in [5.74, 6) is 0.920. The van der Waals surface area contributed by atoms with Crippen molar-refractivity contribution in [2.45, 2.75) is 19.3 Å². The first kappa shape index (κ1) is 25.5. The maximum atomic E-state index is 12.5. The fourth-order valence-corrected chi connectivity index (χ4v) is 4.85. The van der Waals surface area contributed by atoms with Crippen LogP contribution in [0.4, 0.5) is 17.2 Å². The van der Waals surface area contributed by atoms with Crippen LogP contribution < -0.4 is 21.1 Å². The topological polar surface area (TPSA) is 135 Å². The average Bonchev–Trinajstić information content (AvgIpc) is 3.70. The number of pyridine rings is 1. The number of aryl methyl sites for hydroxylation is 1. The van der Waals surface area contributed by atoms with Crippen LogP contribution in [-0.2, 0) is 16.6 Å². The van der Waals surface area contributed by atoms with Gasteiger partial charge in [0.25, 0.3) is 0 Å². The molecule has 1 aliphatic rings. The average molecular weight is 521 g/mol. The van der Waals surface area contributed by atoms with Crippen LogP contribution in [0.25, 0.3) is 33.3 Å². The number of carbonyl (C=O) groups is 2. The van der Waals surface area contributed by atoms with Crippen molar-refractivity contribution in [2.75, 3.05) is 23.5 Å². The van der Waals surface area contributed by atoms with Crippen molar-refractivity contribution in [1.82, 2.24) is 9.55 Å². The molecule has 9 heteroatoms. The molecule has 4 N–H and O–H groups in total. The van der Waals surface area contributed by atoms with Crippen molar-refractivity contribution in [3.05, 3.63) is 66.9 Å². The molecular weight excluding hydrogens is 492 g/mol. The lowest BCUT2D eigenvalue weighted by Crippen LogP contribution is -2.12. The Bertz CT molecular complexity index is 1660. The molecule has 0 spiro atoms. The number of nitrogens with two attached hydrogens (primary N) is 1. The summed E-state index contributed by atoms with van der Waals surface area (Å²) in [6, 6.07) is 15.1. The zero-order valence-corrected chi connectivity index (χ0v) is 21.7. The summed E-state index contributed by atoms with van der Waals surface area (Å²) in [5.41, 5.74) is 11.8. The summed E-state index contributed by atoms with van der Waals surface area (Å²) in [6.07, 6.45) is 5.36. The fraction of sp³-hybridized carbons (Fsp3) is 0.200. The van der Waals surface area contributed by atoms with E-state index in [0.717, 1.165) is 35.2 Å². The number of ether oxygens (including phenoxy) is 1. The number of anilines is 3. The highest BCUT2D eigenvalue weighted by Gasteiger charge is 2.26. The molecule has 2 amide bonds. The van der Waals surface area contributed by atoms with E-state index in [1.54, 1.807) is 19.2 Å². The van der Waals surface area contributed by atoms with E-state index in [-0.39, 0.29) is 17.6 Å². The van der Waals surface area contributed by atoms with Gasteiger partial charge in [0.05, 0.1) is 35.0 Å². The van der Waals surface area contributed by atoms with E-state index >= 15 is 0 Å². The van der Waals surface area contributed by atoms with Crippen molar-refractivity contribution in [3.63, 3.8) is 0 Å². The summed E-state index contributed by atoms with van der Waals surface area (Å²) in [5, 5.41) is 16.2.